The minimum atomic E-state index is 0.0765. The molecule has 0 spiro atoms. The maximum atomic E-state index is 5.82. The van der Waals surface area contributed by atoms with Crippen LogP contribution >= 0.6 is 0 Å². The zero-order chi connectivity index (χ0) is 15.5. The lowest BCUT2D eigenvalue weighted by Gasteiger charge is -2.43. The zero-order valence-corrected chi connectivity index (χ0v) is 14.1. The molecular formula is C18H29NO2. The first-order chi connectivity index (χ1) is 10.0. The van der Waals surface area contributed by atoms with E-state index in [4.69, 9.17) is 9.47 Å². The van der Waals surface area contributed by atoms with Crippen molar-refractivity contribution in [3.8, 4) is 5.75 Å². The summed E-state index contributed by atoms with van der Waals surface area (Å²) in [6, 6.07) is 4.76. The summed E-state index contributed by atoms with van der Waals surface area (Å²) in [7, 11) is 3.59. The fourth-order valence-electron chi connectivity index (χ4n) is 3.38. The van der Waals surface area contributed by atoms with Crippen molar-refractivity contribution in [2.75, 3.05) is 20.8 Å². The van der Waals surface area contributed by atoms with E-state index in [0.717, 1.165) is 18.7 Å². The molecule has 118 valence electrons. The molecule has 1 unspecified atom stereocenters. The predicted octanol–water partition coefficient (Wildman–Crippen LogP) is 3.92. The van der Waals surface area contributed by atoms with Crippen molar-refractivity contribution in [2.45, 2.75) is 58.1 Å². The van der Waals surface area contributed by atoms with E-state index in [9.17, 15) is 0 Å². The van der Waals surface area contributed by atoms with Crippen molar-refractivity contribution in [1.29, 1.82) is 0 Å². The molecule has 1 aliphatic carbocycles. The largest absolute Gasteiger partial charge is 0.496 e. The number of ether oxygens (including phenoxy) is 2. The molecule has 0 aliphatic heterocycles. The summed E-state index contributed by atoms with van der Waals surface area (Å²) in [5.74, 6) is 0.969. The highest BCUT2D eigenvalue weighted by molar-refractivity contribution is 5.43. The second-order valence-corrected chi connectivity index (χ2v) is 6.23. The number of nitrogens with one attached hydrogen (secondary N) is 1. The van der Waals surface area contributed by atoms with Crippen LogP contribution in [0.2, 0.25) is 0 Å². The molecular weight excluding hydrogens is 262 g/mol. The summed E-state index contributed by atoms with van der Waals surface area (Å²) in [5.41, 5.74) is 3.93. The lowest BCUT2D eigenvalue weighted by Crippen LogP contribution is -2.43. The Hall–Kier alpha value is -1.06. The monoisotopic (exact) mass is 291 g/mol. The summed E-state index contributed by atoms with van der Waals surface area (Å²) < 4.78 is 11.3. The molecule has 0 heterocycles. The van der Waals surface area contributed by atoms with E-state index in [1.165, 1.54) is 36.0 Å². The van der Waals surface area contributed by atoms with Crippen LogP contribution < -0.4 is 10.1 Å². The average Bonchev–Trinajstić information content (AvgIpc) is 2.44. The van der Waals surface area contributed by atoms with Crippen molar-refractivity contribution in [3.05, 3.63) is 28.8 Å². The molecule has 1 saturated carbocycles. The third-order valence-corrected chi connectivity index (χ3v) is 4.88. The van der Waals surface area contributed by atoms with Gasteiger partial charge in [0.1, 0.15) is 5.75 Å². The maximum absolute atomic E-state index is 5.82. The van der Waals surface area contributed by atoms with Crippen LogP contribution in [0.4, 0.5) is 0 Å². The summed E-state index contributed by atoms with van der Waals surface area (Å²) in [4.78, 5) is 0. The Morgan fingerprint density at radius 2 is 1.90 bits per heavy atom. The highest BCUT2D eigenvalue weighted by Gasteiger charge is 2.39. The van der Waals surface area contributed by atoms with Crippen LogP contribution in [0.25, 0.3) is 0 Å². The van der Waals surface area contributed by atoms with Crippen LogP contribution in [0.3, 0.4) is 0 Å². The van der Waals surface area contributed by atoms with E-state index in [1.807, 2.05) is 7.11 Å². The van der Waals surface area contributed by atoms with Gasteiger partial charge in [0.2, 0.25) is 0 Å². The molecule has 1 aliphatic rings. The van der Waals surface area contributed by atoms with Crippen LogP contribution in [-0.4, -0.2) is 26.4 Å². The van der Waals surface area contributed by atoms with Gasteiger partial charge in [0.25, 0.3) is 0 Å². The highest BCUT2D eigenvalue weighted by atomic mass is 16.5. The molecule has 3 nitrogen and oxygen atoms in total. The molecule has 0 amide bonds. The van der Waals surface area contributed by atoms with Gasteiger partial charge in [0, 0.05) is 13.2 Å². The van der Waals surface area contributed by atoms with Gasteiger partial charge in [-0.25, -0.2) is 0 Å². The van der Waals surface area contributed by atoms with E-state index in [-0.39, 0.29) is 5.60 Å². The summed E-state index contributed by atoms with van der Waals surface area (Å²) >= 11 is 0. The molecule has 0 saturated heterocycles. The molecule has 0 aromatic heterocycles. The molecule has 1 fully saturated rings. The Morgan fingerprint density at radius 1 is 1.19 bits per heavy atom. The van der Waals surface area contributed by atoms with Crippen molar-refractivity contribution in [2.24, 2.45) is 0 Å². The Kier molecular flexibility index (Phi) is 5.28. The molecule has 21 heavy (non-hydrogen) atoms. The number of methoxy groups -OCH3 is 2. The summed E-state index contributed by atoms with van der Waals surface area (Å²) in [6.45, 7) is 7.41. The third kappa shape index (κ3) is 3.41. The number of rotatable bonds is 7. The van der Waals surface area contributed by atoms with Gasteiger partial charge < -0.3 is 14.8 Å². The number of hydrogen-bond acceptors (Lipinski definition) is 3. The summed E-state index contributed by atoms with van der Waals surface area (Å²) in [5, 5.41) is 3.64. The van der Waals surface area contributed by atoms with Crippen LogP contribution in [0.5, 0.6) is 5.75 Å². The molecule has 0 radical (unpaired) electrons. The Morgan fingerprint density at radius 3 is 2.38 bits per heavy atom. The lowest BCUT2D eigenvalue weighted by atomic mass is 9.74. The van der Waals surface area contributed by atoms with Crippen LogP contribution in [0.1, 0.15) is 55.3 Å². The van der Waals surface area contributed by atoms with E-state index in [2.05, 4.69) is 38.2 Å². The predicted molar refractivity (Wildman–Crippen MR) is 87.1 cm³/mol. The smallest absolute Gasteiger partial charge is 0.122 e. The lowest BCUT2D eigenvalue weighted by molar-refractivity contribution is -0.0837. The fraction of sp³-hybridized carbons (Fsp3) is 0.667. The van der Waals surface area contributed by atoms with Crippen molar-refractivity contribution < 1.29 is 9.47 Å². The Bertz CT molecular complexity index is 475. The molecule has 2 rings (SSSR count). The standard InChI is InChI=1S/C18H29NO2/c1-6-19-16(12-18(21-5)8-7-9-18)15-10-14(3)17(20-4)11-13(15)2/h10-11,16,19H,6-9,12H2,1-5H3. The first kappa shape index (κ1) is 16.3. The molecule has 1 N–H and O–H groups in total. The van der Waals surface area contributed by atoms with Gasteiger partial charge in [0.05, 0.1) is 12.7 Å². The molecule has 1 aromatic rings. The second-order valence-electron chi connectivity index (χ2n) is 6.23. The van der Waals surface area contributed by atoms with Gasteiger partial charge >= 0.3 is 0 Å². The van der Waals surface area contributed by atoms with Gasteiger partial charge in [-0.1, -0.05) is 13.0 Å². The van der Waals surface area contributed by atoms with E-state index in [0.29, 0.717) is 6.04 Å². The molecule has 3 heteroatoms. The van der Waals surface area contributed by atoms with E-state index < -0.39 is 0 Å². The number of aryl methyl sites for hydroxylation is 2. The zero-order valence-electron chi connectivity index (χ0n) is 14.1. The second kappa shape index (κ2) is 6.80. The molecule has 1 aromatic carbocycles. The van der Waals surface area contributed by atoms with E-state index >= 15 is 0 Å². The highest BCUT2D eigenvalue weighted by Crippen LogP contribution is 2.42. The van der Waals surface area contributed by atoms with Gasteiger partial charge in [-0.15, -0.1) is 0 Å². The normalized spacial score (nSPS) is 18.1. The van der Waals surface area contributed by atoms with Gasteiger partial charge in [-0.3, -0.25) is 0 Å². The van der Waals surface area contributed by atoms with Crippen molar-refractivity contribution in [3.63, 3.8) is 0 Å². The van der Waals surface area contributed by atoms with Gasteiger partial charge in [0.15, 0.2) is 0 Å². The minimum Gasteiger partial charge on any atom is -0.496 e. The Labute approximate surface area is 129 Å². The minimum absolute atomic E-state index is 0.0765. The van der Waals surface area contributed by atoms with Crippen molar-refractivity contribution >= 4 is 0 Å². The topological polar surface area (TPSA) is 30.5 Å². The first-order valence-corrected chi connectivity index (χ1v) is 7.99. The average molecular weight is 291 g/mol. The number of benzene rings is 1. The van der Waals surface area contributed by atoms with Crippen LogP contribution in [0, 0.1) is 13.8 Å². The van der Waals surface area contributed by atoms with E-state index in [1.54, 1.807) is 7.11 Å². The number of hydrogen-bond donors (Lipinski definition) is 1. The Balaban J connectivity index is 2.27. The first-order valence-electron chi connectivity index (χ1n) is 7.99. The van der Waals surface area contributed by atoms with Crippen molar-refractivity contribution in [1.82, 2.24) is 5.32 Å². The summed E-state index contributed by atoms with van der Waals surface area (Å²) in [6.07, 6.45) is 4.69. The van der Waals surface area contributed by atoms with Crippen LogP contribution in [0.15, 0.2) is 12.1 Å². The van der Waals surface area contributed by atoms with Gasteiger partial charge in [-0.2, -0.15) is 0 Å². The molecule has 0 bridgehead atoms. The molecule has 1 atom stereocenters. The quantitative estimate of drug-likeness (QED) is 0.826. The fourth-order valence-corrected chi connectivity index (χ4v) is 3.38. The van der Waals surface area contributed by atoms with Crippen LogP contribution in [-0.2, 0) is 4.74 Å². The SMILES string of the molecule is CCNC(CC1(OC)CCC1)c1cc(C)c(OC)cc1C. The third-order valence-electron chi connectivity index (χ3n) is 4.88. The maximum Gasteiger partial charge on any atom is 0.122 e. The van der Waals surface area contributed by atoms with Gasteiger partial charge in [-0.05, 0) is 68.8 Å².